The van der Waals surface area contributed by atoms with Gasteiger partial charge in [-0.2, -0.15) is 0 Å². The molecule has 44 heavy (non-hydrogen) atoms. The van der Waals surface area contributed by atoms with Crippen molar-refractivity contribution in [2.45, 2.75) is 76.1 Å². The van der Waals surface area contributed by atoms with Gasteiger partial charge in [0.05, 0.1) is 12.8 Å². The number of carbonyl (C=O) groups is 3. The number of ether oxygens (including phenoxy) is 1. The van der Waals surface area contributed by atoms with Crippen LogP contribution in [0.4, 0.5) is 4.79 Å². The van der Waals surface area contributed by atoms with Crippen LogP contribution in [0.2, 0.25) is 0 Å². The van der Waals surface area contributed by atoms with Crippen LogP contribution in [0.25, 0.3) is 0 Å². The molecule has 3 aromatic rings. The molecule has 0 saturated carbocycles. The molecule has 1 unspecified atom stereocenters. The third-order valence-corrected chi connectivity index (χ3v) is 8.82. The minimum Gasteiger partial charge on any atom is -0.467 e. The van der Waals surface area contributed by atoms with Crippen LogP contribution >= 0.6 is 0 Å². The maximum atomic E-state index is 13.9. The Bertz CT molecular complexity index is 1320. The van der Waals surface area contributed by atoms with E-state index in [-0.39, 0.29) is 25.0 Å². The number of hydrogen-bond acceptors (Lipinski definition) is 6. The Morgan fingerprint density at radius 2 is 1.64 bits per heavy atom. The number of alkyl carbamates (subject to hydrolysis) is 1. The number of carbonyl (C=O) groups excluding carboxylic acids is 3. The minimum absolute atomic E-state index is 0.0625. The minimum atomic E-state index is -0.870. The van der Waals surface area contributed by atoms with E-state index in [1.165, 1.54) is 5.56 Å². The van der Waals surface area contributed by atoms with Gasteiger partial charge < -0.3 is 29.6 Å². The van der Waals surface area contributed by atoms with Gasteiger partial charge in [-0.3, -0.25) is 9.59 Å². The number of benzene rings is 2. The molecule has 2 fully saturated rings. The van der Waals surface area contributed by atoms with E-state index < -0.39 is 17.7 Å². The topological polar surface area (TPSA) is 104 Å². The van der Waals surface area contributed by atoms with Crippen LogP contribution in [-0.2, 0) is 33.9 Å². The van der Waals surface area contributed by atoms with Crippen molar-refractivity contribution >= 4 is 17.9 Å². The van der Waals surface area contributed by atoms with Gasteiger partial charge in [0.15, 0.2) is 0 Å². The fraction of sp³-hybridized carbons (Fsp3) is 0.457. The molecule has 3 heterocycles. The van der Waals surface area contributed by atoms with E-state index in [0.717, 1.165) is 44.5 Å². The van der Waals surface area contributed by atoms with Gasteiger partial charge in [0.1, 0.15) is 23.9 Å². The highest BCUT2D eigenvalue weighted by Crippen LogP contribution is 2.35. The standard InChI is InChI=1S/C35H44N4O5/c40-32-31(18-7-9-21-36-34(42)44-27-29-15-5-2-6-16-29)37-33(41)35(39(32)26-30-17-11-25-43-30)19-23-38(24-20-35)22-10-8-14-28-12-3-1-4-13-28/h1-6,11-13,15-17,25,31H,7-10,14,18-24,26-27H2,(H,36,42)(H,37,41). The van der Waals surface area contributed by atoms with Gasteiger partial charge in [0.25, 0.3) is 0 Å². The highest BCUT2D eigenvalue weighted by Gasteiger charge is 2.53. The summed E-state index contributed by atoms with van der Waals surface area (Å²) in [6.07, 6.45) is 7.49. The predicted molar refractivity (Wildman–Crippen MR) is 167 cm³/mol. The molecule has 9 nitrogen and oxygen atoms in total. The first-order valence-electron chi connectivity index (χ1n) is 15.9. The Labute approximate surface area is 259 Å². The lowest BCUT2D eigenvalue weighted by atomic mass is 9.81. The normalized spacial score (nSPS) is 18.3. The Morgan fingerprint density at radius 3 is 2.34 bits per heavy atom. The number of piperazine rings is 1. The lowest BCUT2D eigenvalue weighted by Crippen LogP contribution is -2.72. The summed E-state index contributed by atoms with van der Waals surface area (Å²) in [5.74, 6) is 0.542. The van der Waals surface area contributed by atoms with E-state index in [0.29, 0.717) is 44.4 Å². The molecule has 0 bridgehead atoms. The number of nitrogens with zero attached hydrogens (tertiary/aromatic N) is 2. The molecule has 0 radical (unpaired) electrons. The number of likely N-dealkylation sites (tertiary alicyclic amines) is 1. The van der Waals surface area contributed by atoms with E-state index in [1.807, 2.05) is 48.5 Å². The Morgan fingerprint density at radius 1 is 0.909 bits per heavy atom. The van der Waals surface area contributed by atoms with Crippen LogP contribution < -0.4 is 10.6 Å². The van der Waals surface area contributed by atoms with Crippen LogP contribution in [0.3, 0.4) is 0 Å². The molecule has 2 aromatic carbocycles. The zero-order valence-corrected chi connectivity index (χ0v) is 25.4. The van der Waals surface area contributed by atoms with Crippen molar-refractivity contribution in [2.24, 2.45) is 0 Å². The molecule has 5 rings (SSSR count). The second-order valence-corrected chi connectivity index (χ2v) is 11.8. The fourth-order valence-electron chi connectivity index (χ4n) is 6.25. The van der Waals surface area contributed by atoms with Crippen molar-refractivity contribution in [3.05, 3.63) is 95.9 Å². The van der Waals surface area contributed by atoms with Crippen molar-refractivity contribution < 1.29 is 23.5 Å². The average molecular weight is 601 g/mol. The molecular formula is C35H44N4O5. The smallest absolute Gasteiger partial charge is 0.407 e. The summed E-state index contributed by atoms with van der Waals surface area (Å²) >= 11 is 0. The summed E-state index contributed by atoms with van der Waals surface area (Å²) in [5, 5.41) is 5.83. The average Bonchev–Trinajstić information content (AvgIpc) is 3.58. The zero-order chi connectivity index (χ0) is 30.6. The summed E-state index contributed by atoms with van der Waals surface area (Å²) in [5.41, 5.74) is 1.42. The van der Waals surface area contributed by atoms with Gasteiger partial charge in [-0.1, -0.05) is 60.7 Å². The van der Waals surface area contributed by atoms with Gasteiger partial charge in [-0.15, -0.1) is 0 Å². The summed E-state index contributed by atoms with van der Waals surface area (Å²) in [6.45, 7) is 3.47. The summed E-state index contributed by atoms with van der Waals surface area (Å²) < 4.78 is 10.9. The van der Waals surface area contributed by atoms with E-state index in [9.17, 15) is 14.4 Å². The first-order chi connectivity index (χ1) is 21.5. The van der Waals surface area contributed by atoms with Gasteiger partial charge >= 0.3 is 6.09 Å². The first-order valence-corrected chi connectivity index (χ1v) is 15.9. The van der Waals surface area contributed by atoms with Crippen molar-refractivity contribution in [3.63, 3.8) is 0 Å². The van der Waals surface area contributed by atoms with E-state index in [4.69, 9.17) is 9.15 Å². The fourth-order valence-corrected chi connectivity index (χ4v) is 6.25. The molecule has 2 saturated heterocycles. The molecule has 1 spiro atoms. The van der Waals surface area contributed by atoms with Gasteiger partial charge in [-0.25, -0.2) is 4.79 Å². The number of amides is 3. The maximum absolute atomic E-state index is 13.9. The lowest BCUT2D eigenvalue weighted by Gasteiger charge is -2.51. The number of nitrogens with one attached hydrogen (secondary N) is 2. The molecule has 3 amide bonds. The van der Waals surface area contributed by atoms with Gasteiger partial charge in [0, 0.05) is 19.6 Å². The van der Waals surface area contributed by atoms with Crippen LogP contribution in [-0.4, -0.2) is 65.5 Å². The van der Waals surface area contributed by atoms with Gasteiger partial charge in [0.2, 0.25) is 11.8 Å². The molecule has 0 aliphatic carbocycles. The number of furan rings is 1. The summed E-state index contributed by atoms with van der Waals surface area (Å²) in [4.78, 5) is 43.8. The maximum Gasteiger partial charge on any atom is 0.407 e. The van der Waals surface area contributed by atoms with Crippen molar-refractivity contribution in [2.75, 3.05) is 26.2 Å². The summed E-state index contributed by atoms with van der Waals surface area (Å²) in [6, 6.07) is 23.1. The van der Waals surface area contributed by atoms with E-state index >= 15 is 0 Å². The Kier molecular flexibility index (Phi) is 11.1. The lowest BCUT2D eigenvalue weighted by molar-refractivity contribution is -0.162. The number of unbranched alkanes of at least 4 members (excludes halogenated alkanes) is 2. The van der Waals surface area contributed by atoms with E-state index in [1.54, 1.807) is 11.2 Å². The first kappa shape index (κ1) is 31.3. The third kappa shape index (κ3) is 8.29. The van der Waals surface area contributed by atoms with E-state index in [2.05, 4.69) is 39.8 Å². The van der Waals surface area contributed by atoms with Crippen molar-refractivity contribution in [1.82, 2.24) is 20.4 Å². The number of rotatable bonds is 14. The van der Waals surface area contributed by atoms with Gasteiger partial charge in [-0.05, 0) is 81.2 Å². The van der Waals surface area contributed by atoms with Crippen molar-refractivity contribution in [3.8, 4) is 0 Å². The third-order valence-electron chi connectivity index (χ3n) is 8.82. The highest BCUT2D eigenvalue weighted by molar-refractivity contribution is 6.00. The molecule has 2 aliphatic heterocycles. The summed E-state index contributed by atoms with van der Waals surface area (Å²) in [7, 11) is 0. The number of hydrogen-bond donors (Lipinski definition) is 2. The second-order valence-electron chi connectivity index (χ2n) is 11.8. The Hall–Kier alpha value is -4.11. The molecule has 1 aromatic heterocycles. The quantitative estimate of drug-likeness (QED) is 0.251. The molecule has 234 valence electrons. The molecule has 1 atom stereocenters. The molecule has 2 N–H and O–H groups in total. The Balaban J connectivity index is 1.09. The SMILES string of the molecule is O=C(NCCCCC1NC(=O)C2(CCN(CCCCc3ccccc3)CC2)N(Cc2ccco2)C1=O)OCc1ccccc1. The highest BCUT2D eigenvalue weighted by atomic mass is 16.5. The van der Waals surface area contributed by atoms with Crippen molar-refractivity contribution in [1.29, 1.82) is 0 Å². The molecule has 2 aliphatic rings. The van der Waals surface area contributed by atoms with Crippen LogP contribution in [0.1, 0.15) is 61.8 Å². The molecular weight excluding hydrogens is 556 g/mol. The predicted octanol–water partition coefficient (Wildman–Crippen LogP) is 5.06. The van der Waals surface area contributed by atoms with Crippen LogP contribution in [0, 0.1) is 0 Å². The number of aryl methyl sites for hydroxylation is 1. The molecule has 9 heteroatoms. The largest absolute Gasteiger partial charge is 0.467 e. The van der Waals surface area contributed by atoms with Crippen LogP contribution in [0.15, 0.2) is 83.5 Å². The second kappa shape index (κ2) is 15.6. The monoisotopic (exact) mass is 600 g/mol. The van der Waals surface area contributed by atoms with Crippen LogP contribution in [0.5, 0.6) is 0 Å². The number of piperidine rings is 1. The zero-order valence-electron chi connectivity index (χ0n) is 25.4.